The van der Waals surface area contributed by atoms with Crippen LogP contribution in [0.15, 0.2) is 18.2 Å². The maximum Gasteiger partial charge on any atom is 0.128 e. The number of aliphatic hydroxyl groups excluding tert-OH is 1. The predicted molar refractivity (Wildman–Crippen MR) is 74.8 cm³/mol. The van der Waals surface area contributed by atoms with Crippen molar-refractivity contribution in [3.8, 4) is 17.6 Å². The van der Waals surface area contributed by atoms with Crippen molar-refractivity contribution >= 4 is 0 Å². The summed E-state index contributed by atoms with van der Waals surface area (Å²) in [6, 6.07) is 4.49. The van der Waals surface area contributed by atoms with Crippen LogP contribution >= 0.6 is 0 Å². The van der Waals surface area contributed by atoms with E-state index in [1.807, 2.05) is 0 Å². The summed E-state index contributed by atoms with van der Waals surface area (Å²) in [5, 5.41) is 8.67. The van der Waals surface area contributed by atoms with Crippen LogP contribution < -0.4 is 4.74 Å². The van der Waals surface area contributed by atoms with Gasteiger partial charge in [-0.2, -0.15) is 0 Å². The highest BCUT2D eigenvalue weighted by Gasteiger charge is 2.39. The molecule has 0 aromatic heterocycles. The third-order valence-corrected chi connectivity index (χ3v) is 4.53. The van der Waals surface area contributed by atoms with Crippen LogP contribution in [-0.2, 0) is 0 Å². The van der Waals surface area contributed by atoms with E-state index >= 15 is 0 Å². The summed E-state index contributed by atoms with van der Waals surface area (Å²) in [5.74, 6) is 7.75. The van der Waals surface area contributed by atoms with Gasteiger partial charge in [0.1, 0.15) is 18.2 Å². The van der Waals surface area contributed by atoms with Gasteiger partial charge in [0, 0.05) is 11.6 Å². The quantitative estimate of drug-likeness (QED) is 0.859. The molecule has 0 saturated heterocycles. The van der Waals surface area contributed by atoms with Crippen LogP contribution in [0.25, 0.3) is 0 Å². The Labute approximate surface area is 119 Å². The molecule has 2 saturated carbocycles. The molecular weight excluding hydrogens is 255 g/mol. The summed E-state index contributed by atoms with van der Waals surface area (Å²) in [4.78, 5) is 0. The highest BCUT2D eigenvalue weighted by molar-refractivity contribution is 5.40. The van der Waals surface area contributed by atoms with E-state index in [1.54, 1.807) is 6.07 Å². The van der Waals surface area contributed by atoms with Crippen LogP contribution in [0.3, 0.4) is 0 Å². The van der Waals surface area contributed by atoms with E-state index < -0.39 is 0 Å². The van der Waals surface area contributed by atoms with Crippen LogP contribution in [0.1, 0.15) is 31.2 Å². The second kappa shape index (κ2) is 5.85. The zero-order valence-corrected chi connectivity index (χ0v) is 11.4. The van der Waals surface area contributed by atoms with E-state index in [2.05, 4.69) is 11.8 Å². The lowest BCUT2D eigenvalue weighted by atomic mass is 9.89. The van der Waals surface area contributed by atoms with Crippen molar-refractivity contribution in [3.63, 3.8) is 0 Å². The molecule has 2 fully saturated rings. The van der Waals surface area contributed by atoms with Crippen LogP contribution in [0.2, 0.25) is 0 Å². The molecule has 0 aliphatic heterocycles. The number of halogens is 1. The predicted octanol–water partition coefficient (Wildman–Crippen LogP) is 2.98. The zero-order chi connectivity index (χ0) is 13.9. The monoisotopic (exact) mass is 274 g/mol. The largest absolute Gasteiger partial charge is 0.493 e. The lowest BCUT2D eigenvalue weighted by molar-refractivity contribution is 0.194. The molecule has 0 spiro atoms. The molecule has 0 heterocycles. The van der Waals surface area contributed by atoms with Crippen LogP contribution in [0.4, 0.5) is 4.39 Å². The van der Waals surface area contributed by atoms with Gasteiger partial charge < -0.3 is 9.84 Å². The number of hydrogen-bond donors (Lipinski definition) is 1. The van der Waals surface area contributed by atoms with Gasteiger partial charge in [-0.15, -0.1) is 0 Å². The molecule has 20 heavy (non-hydrogen) atoms. The fraction of sp³-hybridized carbons (Fsp3) is 0.529. The molecule has 0 radical (unpaired) electrons. The van der Waals surface area contributed by atoms with Crippen molar-refractivity contribution in [1.29, 1.82) is 0 Å². The Hall–Kier alpha value is -1.53. The van der Waals surface area contributed by atoms with Crippen molar-refractivity contribution in [2.45, 2.75) is 25.7 Å². The molecule has 3 unspecified atom stereocenters. The maximum absolute atomic E-state index is 13.5. The Morgan fingerprint density at radius 2 is 2.15 bits per heavy atom. The first kappa shape index (κ1) is 13.5. The van der Waals surface area contributed by atoms with E-state index in [4.69, 9.17) is 9.84 Å². The van der Waals surface area contributed by atoms with Crippen molar-refractivity contribution in [2.75, 3.05) is 13.2 Å². The first-order valence-corrected chi connectivity index (χ1v) is 7.27. The molecule has 2 nitrogen and oxygen atoms in total. The average molecular weight is 274 g/mol. The molecule has 2 bridgehead atoms. The Balaban J connectivity index is 1.63. The normalized spacial score (nSPS) is 27.2. The Bertz CT molecular complexity index is 544. The van der Waals surface area contributed by atoms with Crippen molar-refractivity contribution in [2.24, 2.45) is 17.8 Å². The summed E-state index contributed by atoms with van der Waals surface area (Å²) in [5.41, 5.74) is 0.544. The summed E-state index contributed by atoms with van der Waals surface area (Å²) in [7, 11) is 0. The van der Waals surface area contributed by atoms with Crippen molar-refractivity contribution in [1.82, 2.24) is 0 Å². The molecule has 0 amide bonds. The van der Waals surface area contributed by atoms with E-state index in [1.165, 1.54) is 37.8 Å². The van der Waals surface area contributed by atoms with Gasteiger partial charge in [-0.1, -0.05) is 18.3 Å². The molecule has 3 rings (SSSR count). The Kier molecular flexibility index (Phi) is 3.93. The first-order chi connectivity index (χ1) is 9.74. The highest BCUT2D eigenvalue weighted by atomic mass is 19.1. The molecule has 1 aromatic rings. The summed E-state index contributed by atoms with van der Waals surface area (Å²) >= 11 is 0. The van der Waals surface area contributed by atoms with Crippen LogP contribution in [0.5, 0.6) is 5.75 Å². The minimum atomic E-state index is -0.349. The summed E-state index contributed by atoms with van der Waals surface area (Å²) < 4.78 is 19.3. The Morgan fingerprint density at radius 3 is 2.85 bits per heavy atom. The molecule has 1 N–H and O–H groups in total. The number of benzene rings is 1. The standard InChI is InChI=1S/C17H19FO2/c18-16-8-12(2-1-5-19)9-17(10-16)20-11-15-7-13-3-4-14(15)6-13/h8-10,13-15,19H,3-7,11H2. The molecule has 3 atom stereocenters. The lowest BCUT2D eigenvalue weighted by Gasteiger charge is -2.21. The first-order valence-electron chi connectivity index (χ1n) is 7.27. The van der Waals surface area contributed by atoms with Gasteiger partial charge >= 0.3 is 0 Å². The summed E-state index contributed by atoms with van der Waals surface area (Å²) in [6.45, 7) is 0.454. The third kappa shape index (κ3) is 2.96. The third-order valence-electron chi connectivity index (χ3n) is 4.53. The van der Waals surface area contributed by atoms with E-state index in [9.17, 15) is 4.39 Å². The second-order valence-corrected chi connectivity index (χ2v) is 5.88. The van der Waals surface area contributed by atoms with E-state index in [0.29, 0.717) is 23.8 Å². The van der Waals surface area contributed by atoms with Crippen molar-refractivity contribution in [3.05, 3.63) is 29.6 Å². The van der Waals surface area contributed by atoms with Gasteiger partial charge in [0.15, 0.2) is 0 Å². The van der Waals surface area contributed by atoms with Crippen molar-refractivity contribution < 1.29 is 14.2 Å². The van der Waals surface area contributed by atoms with Gasteiger partial charge in [-0.25, -0.2) is 4.39 Å². The molecule has 2 aliphatic carbocycles. The number of aliphatic hydroxyl groups is 1. The zero-order valence-electron chi connectivity index (χ0n) is 11.4. The molecule has 2 aliphatic rings. The minimum absolute atomic E-state index is 0.224. The number of ether oxygens (including phenoxy) is 1. The molecular formula is C17H19FO2. The van der Waals surface area contributed by atoms with E-state index in [-0.39, 0.29) is 12.4 Å². The van der Waals surface area contributed by atoms with Gasteiger partial charge in [-0.05, 0) is 49.1 Å². The highest BCUT2D eigenvalue weighted by Crippen LogP contribution is 2.48. The number of fused-ring (bicyclic) bond motifs is 2. The lowest BCUT2D eigenvalue weighted by Crippen LogP contribution is -2.18. The SMILES string of the molecule is OCC#Cc1cc(F)cc(OCC2CC3CCC2C3)c1. The second-order valence-electron chi connectivity index (χ2n) is 5.88. The van der Waals surface area contributed by atoms with Crippen LogP contribution in [0, 0.1) is 35.4 Å². The topological polar surface area (TPSA) is 29.5 Å². The molecule has 1 aromatic carbocycles. The average Bonchev–Trinajstić information content (AvgIpc) is 3.05. The summed E-state index contributed by atoms with van der Waals surface area (Å²) in [6.07, 6.45) is 5.32. The fourth-order valence-corrected chi connectivity index (χ4v) is 3.64. The van der Waals surface area contributed by atoms with E-state index in [0.717, 1.165) is 11.8 Å². The smallest absolute Gasteiger partial charge is 0.128 e. The van der Waals surface area contributed by atoms with Gasteiger partial charge in [-0.3, -0.25) is 0 Å². The van der Waals surface area contributed by atoms with Gasteiger partial charge in [0.25, 0.3) is 0 Å². The molecule has 106 valence electrons. The van der Waals surface area contributed by atoms with Gasteiger partial charge in [0.05, 0.1) is 6.61 Å². The number of hydrogen-bond acceptors (Lipinski definition) is 2. The Morgan fingerprint density at radius 1 is 1.25 bits per heavy atom. The minimum Gasteiger partial charge on any atom is -0.493 e. The van der Waals surface area contributed by atoms with Gasteiger partial charge in [0.2, 0.25) is 0 Å². The number of rotatable bonds is 3. The fourth-order valence-electron chi connectivity index (χ4n) is 3.64. The molecule has 3 heteroatoms. The maximum atomic E-state index is 13.5. The van der Waals surface area contributed by atoms with Crippen LogP contribution in [-0.4, -0.2) is 18.3 Å².